The molecule has 0 radical (unpaired) electrons. The number of carbonyl (C=O) groups excluding carboxylic acids is 1. The molecule has 1 fully saturated rings. The zero-order chi connectivity index (χ0) is 21.0. The van der Waals surface area contributed by atoms with Gasteiger partial charge in [-0.2, -0.15) is 0 Å². The van der Waals surface area contributed by atoms with Crippen molar-refractivity contribution in [3.05, 3.63) is 74.6 Å². The highest BCUT2D eigenvalue weighted by atomic mass is 16.5. The summed E-state index contributed by atoms with van der Waals surface area (Å²) >= 11 is 0. The van der Waals surface area contributed by atoms with E-state index >= 15 is 0 Å². The van der Waals surface area contributed by atoms with E-state index in [2.05, 4.69) is 0 Å². The number of phenolic OH excluding ortho intramolecular Hbond substituents is 1. The van der Waals surface area contributed by atoms with E-state index in [1.165, 1.54) is 0 Å². The van der Waals surface area contributed by atoms with Crippen molar-refractivity contribution in [3.8, 4) is 5.75 Å². The fraction of sp³-hybridized carbons (Fsp3) is 0.333. The summed E-state index contributed by atoms with van der Waals surface area (Å²) in [6.45, 7) is 4.94. The predicted molar refractivity (Wildman–Crippen MR) is 112 cm³/mol. The van der Waals surface area contributed by atoms with Crippen LogP contribution in [0.1, 0.15) is 51.7 Å². The number of phenols is 1. The Labute approximate surface area is 173 Å². The normalized spacial score (nSPS) is 20.9. The first-order valence-corrected chi connectivity index (χ1v) is 10.2. The lowest BCUT2D eigenvalue weighted by Gasteiger charge is -2.27. The van der Waals surface area contributed by atoms with Gasteiger partial charge in [-0.25, -0.2) is 0 Å². The summed E-state index contributed by atoms with van der Waals surface area (Å²) in [5.41, 5.74) is 3.21. The Balaban J connectivity index is 1.73. The molecule has 154 valence electrons. The summed E-state index contributed by atoms with van der Waals surface area (Å²) in [7, 11) is 0. The Morgan fingerprint density at radius 3 is 2.67 bits per heavy atom. The standard InChI is InChI=1S/C24H23NO5/c1-13-9-18-19(10-14(13)2)30-23-20(22(18)27)21(15-5-3-6-16(26)11-15)25(24(23)28)12-17-7-4-8-29-17/h3,5-6,9-11,17,21,26H,4,7-8,12H2,1-2H3/t17-,21+/m1/s1. The lowest BCUT2D eigenvalue weighted by Crippen LogP contribution is -2.36. The molecule has 30 heavy (non-hydrogen) atoms. The quantitative estimate of drug-likeness (QED) is 0.716. The average Bonchev–Trinajstić information content (AvgIpc) is 3.32. The highest BCUT2D eigenvalue weighted by Crippen LogP contribution is 2.39. The number of hydrogen-bond acceptors (Lipinski definition) is 5. The number of aromatic hydroxyl groups is 1. The minimum Gasteiger partial charge on any atom is -0.508 e. The zero-order valence-electron chi connectivity index (χ0n) is 17.0. The third-order valence-corrected chi connectivity index (χ3v) is 6.19. The van der Waals surface area contributed by atoms with Gasteiger partial charge < -0.3 is 19.2 Å². The molecule has 3 heterocycles. The number of ether oxygens (including phenoxy) is 1. The minimum absolute atomic E-state index is 0.0721. The molecule has 2 aliphatic rings. The molecule has 0 spiro atoms. The van der Waals surface area contributed by atoms with Gasteiger partial charge in [0.1, 0.15) is 11.3 Å². The van der Waals surface area contributed by atoms with E-state index in [0.29, 0.717) is 35.2 Å². The van der Waals surface area contributed by atoms with Crippen molar-refractivity contribution in [2.75, 3.05) is 13.2 Å². The van der Waals surface area contributed by atoms with Crippen LogP contribution in [-0.4, -0.2) is 35.2 Å². The second kappa shape index (κ2) is 6.99. The van der Waals surface area contributed by atoms with Crippen LogP contribution in [0.25, 0.3) is 11.0 Å². The van der Waals surface area contributed by atoms with Crippen molar-refractivity contribution in [1.82, 2.24) is 4.90 Å². The largest absolute Gasteiger partial charge is 0.508 e. The van der Waals surface area contributed by atoms with Crippen molar-refractivity contribution in [1.29, 1.82) is 0 Å². The molecule has 2 aliphatic heterocycles. The molecule has 3 aromatic rings. The van der Waals surface area contributed by atoms with Crippen LogP contribution < -0.4 is 5.43 Å². The fourth-order valence-corrected chi connectivity index (χ4v) is 4.51. The van der Waals surface area contributed by atoms with Gasteiger partial charge in [0.05, 0.1) is 23.1 Å². The second-order valence-corrected chi connectivity index (χ2v) is 8.20. The van der Waals surface area contributed by atoms with Crippen molar-refractivity contribution in [2.24, 2.45) is 0 Å². The topological polar surface area (TPSA) is 80.0 Å². The molecular formula is C24H23NO5. The molecule has 0 bridgehead atoms. The monoisotopic (exact) mass is 405 g/mol. The molecule has 1 aromatic heterocycles. The van der Waals surface area contributed by atoms with Crippen LogP contribution in [0.3, 0.4) is 0 Å². The van der Waals surface area contributed by atoms with Gasteiger partial charge in [0.2, 0.25) is 5.76 Å². The van der Waals surface area contributed by atoms with Crippen LogP contribution in [0.4, 0.5) is 0 Å². The molecular weight excluding hydrogens is 382 g/mol. The number of amides is 1. The highest BCUT2D eigenvalue weighted by Gasteiger charge is 2.44. The first-order valence-electron chi connectivity index (χ1n) is 10.2. The van der Waals surface area contributed by atoms with Crippen molar-refractivity contribution in [2.45, 2.75) is 38.8 Å². The van der Waals surface area contributed by atoms with Gasteiger partial charge in [0.15, 0.2) is 5.43 Å². The van der Waals surface area contributed by atoms with E-state index in [0.717, 1.165) is 24.0 Å². The maximum Gasteiger partial charge on any atom is 0.291 e. The summed E-state index contributed by atoms with van der Waals surface area (Å²) in [5, 5.41) is 10.5. The average molecular weight is 405 g/mol. The summed E-state index contributed by atoms with van der Waals surface area (Å²) in [5.74, 6) is -0.143. The molecule has 0 unspecified atom stereocenters. The third-order valence-electron chi connectivity index (χ3n) is 6.19. The molecule has 0 saturated carbocycles. The molecule has 1 saturated heterocycles. The number of carbonyl (C=O) groups is 1. The lowest BCUT2D eigenvalue weighted by molar-refractivity contribution is 0.0486. The summed E-state index contributed by atoms with van der Waals surface area (Å²) < 4.78 is 11.8. The maximum atomic E-state index is 13.5. The van der Waals surface area contributed by atoms with Crippen molar-refractivity contribution < 1.29 is 19.1 Å². The Hall–Kier alpha value is -3.12. The Morgan fingerprint density at radius 2 is 1.93 bits per heavy atom. The molecule has 6 heteroatoms. The number of hydrogen-bond donors (Lipinski definition) is 1. The van der Waals surface area contributed by atoms with E-state index in [9.17, 15) is 14.7 Å². The van der Waals surface area contributed by atoms with Crippen LogP contribution in [0.2, 0.25) is 0 Å². The number of fused-ring (bicyclic) bond motifs is 2. The van der Waals surface area contributed by atoms with E-state index < -0.39 is 6.04 Å². The summed E-state index contributed by atoms with van der Waals surface area (Å²) in [4.78, 5) is 28.6. The maximum absolute atomic E-state index is 13.5. The molecule has 2 atom stereocenters. The van der Waals surface area contributed by atoms with Gasteiger partial charge >= 0.3 is 0 Å². The second-order valence-electron chi connectivity index (χ2n) is 8.20. The van der Waals surface area contributed by atoms with Crippen LogP contribution in [0, 0.1) is 13.8 Å². The van der Waals surface area contributed by atoms with Gasteiger partial charge in [-0.15, -0.1) is 0 Å². The van der Waals surface area contributed by atoms with E-state index in [4.69, 9.17) is 9.15 Å². The summed E-state index contributed by atoms with van der Waals surface area (Å²) in [6.07, 6.45) is 1.75. The van der Waals surface area contributed by atoms with Crippen molar-refractivity contribution >= 4 is 16.9 Å². The predicted octanol–water partition coefficient (Wildman–Crippen LogP) is 3.84. The number of aryl methyl sites for hydroxylation is 2. The Morgan fingerprint density at radius 1 is 1.13 bits per heavy atom. The smallest absolute Gasteiger partial charge is 0.291 e. The first-order chi connectivity index (χ1) is 14.4. The zero-order valence-corrected chi connectivity index (χ0v) is 17.0. The molecule has 1 amide bonds. The van der Waals surface area contributed by atoms with Crippen LogP contribution in [-0.2, 0) is 4.74 Å². The fourth-order valence-electron chi connectivity index (χ4n) is 4.51. The van der Waals surface area contributed by atoms with Gasteiger partial charge in [0.25, 0.3) is 5.91 Å². The van der Waals surface area contributed by atoms with E-state index in [1.54, 1.807) is 23.1 Å². The van der Waals surface area contributed by atoms with Gasteiger partial charge in [-0.05, 0) is 67.6 Å². The number of rotatable bonds is 3. The van der Waals surface area contributed by atoms with Crippen LogP contribution in [0.15, 0.2) is 45.6 Å². The Bertz CT molecular complexity index is 1220. The van der Waals surface area contributed by atoms with Gasteiger partial charge in [-0.1, -0.05) is 12.1 Å². The molecule has 5 rings (SSSR count). The summed E-state index contributed by atoms with van der Waals surface area (Å²) in [6, 6.07) is 9.72. The number of nitrogens with zero attached hydrogens (tertiary/aromatic N) is 1. The molecule has 6 nitrogen and oxygen atoms in total. The van der Waals surface area contributed by atoms with Gasteiger partial charge in [0, 0.05) is 13.2 Å². The van der Waals surface area contributed by atoms with E-state index in [1.807, 2.05) is 32.0 Å². The molecule has 0 aliphatic carbocycles. The minimum atomic E-state index is -0.619. The van der Waals surface area contributed by atoms with Crippen LogP contribution in [0.5, 0.6) is 5.75 Å². The highest BCUT2D eigenvalue weighted by molar-refractivity contribution is 5.99. The number of benzene rings is 2. The van der Waals surface area contributed by atoms with Crippen molar-refractivity contribution in [3.63, 3.8) is 0 Å². The van der Waals surface area contributed by atoms with Gasteiger partial charge in [-0.3, -0.25) is 9.59 Å². The third kappa shape index (κ3) is 2.91. The Kier molecular flexibility index (Phi) is 4.40. The molecule has 2 aromatic carbocycles. The first kappa shape index (κ1) is 18.9. The SMILES string of the molecule is Cc1cc2oc3c(c(=O)c2cc1C)[C@H](c1cccc(O)c1)N(C[C@H]1CCCO1)C3=O. The molecule has 1 N–H and O–H groups in total. The van der Waals surface area contributed by atoms with E-state index in [-0.39, 0.29) is 28.9 Å². The lowest BCUT2D eigenvalue weighted by atomic mass is 9.97. The van der Waals surface area contributed by atoms with Crippen LogP contribution >= 0.6 is 0 Å².